The second kappa shape index (κ2) is 4.57. The predicted octanol–water partition coefficient (Wildman–Crippen LogP) is 3.32. The van der Waals surface area contributed by atoms with Crippen LogP contribution in [0.5, 0.6) is 0 Å². The van der Waals surface area contributed by atoms with E-state index in [0.717, 1.165) is 5.33 Å². The van der Waals surface area contributed by atoms with Crippen LogP contribution in [0.2, 0.25) is 0 Å². The predicted molar refractivity (Wildman–Crippen MR) is 45.6 cm³/mol. The van der Waals surface area contributed by atoms with Gasteiger partial charge in [-0.1, -0.05) is 44.4 Å². The molecule has 2 heteroatoms. The van der Waals surface area contributed by atoms with Crippen molar-refractivity contribution in [2.45, 2.75) is 13.8 Å². The Morgan fingerprint density at radius 1 is 1.75 bits per heavy atom. The number of alkyl halides is 1. The van der Waals surface area contributed by atoms with Crippen molar-refractivity contribution in [3.8, 4) is 0 Å². The first-order valence-corrected chi connectivity index (χ1v) is 4.59. The van der Waals surface area contributed by atoms with E-state index in [1.165, 1.54) is 5.57 Å². The molecule has 0 spiro atoms. The van der Waals surface area contributed by atoms with Crippen LogP contribution in [-0.2, 0) is 0 Å². The van der Waals surface area contributed by atoms with Gasteiger partial charge in [-0.05, 0) is 17.8 Å². The molecule has 8 heavy (non-hydrogen) atoms. The molecular weight excluding hydrogens is 232 g/mol. The minimum Gasteiger partial charge on any atom is -0.0922 e. The maximum Gasteiger partial charge on any atom is 0.00945 e. The molecule has 0 fully saturated rings. The van der Waals surface area contributed by atoms with Gasteiger partial charge in [0.05, 0.1) is 0 Å². The molecule has 0 saturated carbocycles. The molecule has 0 amide bonds. The fourth-order valence-electron chi connectivity index (χ4n) is 0.229. The molecule has 0 aliphatic heterocycles. The van der Waals surface area contributed by atoms with E-state index in [9.17, 15) is 0 Å². The van der Waals surface area contributed by atoms with E-state index in [0.29, 0.717) is 5.92 Å². The second-order valence-corrected chi connectivity index (χ2v) is 3.01. The van der Waals surface area contributed by atoms with E-state index in [4.69, 9.17) is 0 Å². The topological polar surface area (TPSA) is 0 Å². The summed E-state index contributed by atoms with van der Waals surface area (Å²) in [6.07, 6.45) is 0. The van der Waals surface area contributed by atoms with Crippen LogP contribution in [0.4, 0.5) is 0 Å². The molecule has 0 aromatic heterocycles. The number of hydrogen-bond acceptors (Lipinski definition) is 0. The molecule has 0 aliphatic rings. The van der Waals surface area contributed by atoms with Crippen molar-refractivity contribution < 1.29 is 0 Å². The Balaban J connectivity index is 3.63. The molecule has 0 saturated heterocycles. The van der Waals surface area contributed by atoms with Crippen LogP contribution >= 0.6 is 31.9 Å². The van der Waals surface area contributed by atoms with Gasteiger partial charge >= 0.3 is 0 Å². The van der Waals surface area contributed by atoms with Crippen molar-refractivity contribution >= 4 is 31.9 Å². The highest BCUT2D eigenvalue weighted by Crippen LogP contribution is 2.12. The highest BCUT2D eigenvalue weighted by Gasteiger charge is 1.98. The summed E-state index contributed by atoms with van der Waals surface area (Å²) in [5.74, 6) is 0.648. The summed E-state index contributed by atoms with van der Waals surface area (Å²) in [5.41, 5.74) is 1.38. The molecule has 0 aromatic rings. The maximum absolute atomic E-state index is 3.39. The lowest BCUT2D eigenvalue weighted by Crippen LogP contribution is -1.95. The first kappa shape index (κ1) is 8.70. The molecule has 48 valence electrons. The summed E-state index contributed by atoms with van der Waals surface area (Å²) in [4.78, 5) is 1.97. The Kier molecular flexibility index (Phi) is 4.97. The smallest absolute Gasteiger partial charge is 0.00945 e. The Morgan fingerprint density at radius 3 is 2.38 bits per heavy atom. The highest BCUT2D eigenvalue weighted by molar-refractivity contribution is 9.11. The van der Waals surface area contributed by atoms with Gasteiger partial charge in [0.15, 0.2) is 0 Å². The van der Waals surface area contributed by atoms with Crippen LogP contribution < -0.4 is 0 Å². The van der Waals surface area contributed by atoms with Gasteiger partial charge in [-0.3, -0.25) is 0 Å². The van der Waals surface area contributed by atoms with E-state index in [-0.39, 0.29) is 0 Å². The van der Waals surface area contributed by atoms with Crippen LogP contribution in [0, 0.1) is 5.92 Å². The molecule has 0 aromatic carbocycles. The zero-order valence-electron chi connectivity index (χ0n) is 5.12. The number of allylic oxidation sites excluding steroid dienone is 1. The van der Waals surface area contributed by atoms with Crippen molar-refractivity contribution in [1.82, 2.24) is 0 Å². The van der Waals surface area contributed by atoms with Crippen molar-refractivity contribution in [2.24, 2.45) is 5.92 Å². The lowest BCUT2D eigenvalue weighted by atomic mass is 10.1. The highest BCUT2D eigenvalue weighted by atomic mass is 79.9. The SMILES string of the molecule is CC(=CBr)C(C)CBr. The van der Waals surface area contributed by atoms with Crippen LogP contribution in [0.1, 0.15) is 13.8 Å². The van der Waals surface area contributed by atoms with Crippen LogP contribution in [0.25, 0.3) is 0 Å². The molecule has 0 bridgehead atoms. The van der Waals surface area contributed by atoms with Gasteiger partial charge in [-0.25, -0.2) is 0 Å². The Morgan fingerprint density at radius 2 is 2.25 bits per heavy atom. The van der Waals surface area contributed by atoms with E-state index in [1.54, 1.807) is 0 Å². The third kappa shape index (κ3) is 2.88. The molecule has 0 heterocycles. The summed E-state index contributed by atoms with van der Waals surface area (Å²) >= 11 is 6.67. The average Bonchev–Trinajstić information content (AvgIpc) is 1.84. The monoisotopic (exact) mass is 240 g/mol. The fraction of sp³-hybridized carbons (Fsp3) is 0.667. The first-order chi connectivity index (χ1) is 3.72. The number of halogens is 2. The van der Waals surface area contributed by atoms with E-state index in [1.807, 2.05) is 4.99 Å². The molecule has 0 radical (unpaired) electrons. The van der Waals surface area contributed by atoms with Crippen molar-refractivity contribution in [3.05, 3.63) is 10.6 Å². The van der Waals surface area contributed by atoms with Gasteiger partial charge in [0.1, 0.15) is 0 Å². The minimum absolute atomic E-state index is 0.648. The third-order valence-corrected chi connectivity index (χ3v) is 2.87. The van der Waals surface area contributed by atoms with Crippen LogP contribution in [0.15, 0.2) is 10.6 Å². The number of rotatable bonds is 2. The molecule has 0 rings (SSSR count). The summed E-state index contributed by atoms with van der Waals surface area (Å²) in [7, 11) is 0. The van der Waals surface area contributed by atoms with Crippen LogP contribution in [-0.4, -0.2) is 5.33 Å². The molecule has 1 atom stereocenters. The van der Waals surface area contributed by atoms with Gasteiger partial charge < -0.3 is 0 Å². The summed E-state index contributed by atoms with van der Waals surface area (Å²) in [6.45, 7) is 4.29. The Hall–Kier alpha value is 0.700. The third-order valence-electron chi connectivity index (χ3n) is 1.18. The van der Waals surface area contributed by atoms with Crippen molar-refractivity contribution in [2.75, 3.05) is 5.33 Å². The summed E-state index contributed by atoms with van der Waals surface area (Å²) < 4.78 is 0. The average molecular weight is 242 g/mol. The van der Waals surface area contributed by atoms with Crippen molar-refractivity contribution in [1.29, 1.82) is 0 Å². The van der Waals surface area contributed by atoms with Gasteiger partial charge in [-0.2, -0.15) is 0 Å². The van der Waals surface area contributed by atoms with Gasteiger partial charge in [-0.15, -0.1) is 0 Å². The second-order valence-electron chi connectivity index (χ2n) is 1.91. The molecule has 0 N–H and O–H groups in total. The van der Waals surface area contributed by atoms with Gasteiger partial charge in [0.25, 0.3) is 0 Å². The van der Waals surface area contributed by atoms with Crippen LogP contribution in [0.3, 0.4) is 0 Å². The Labute approximate surface area is 67.6 Å². The summed E-state index contributed by atoms with van der Waals surface area (Å²) in [5, 5.41) is 1.04. The van der Waals surface area contributed by atoms with E-state index < -0.39 is 0 Å². The minimum atomic E-state index is 0.648. The normalized spacial score (nSPS) is 16.2. The van der Waals surface area contributed by atoms with Crippen molar-refractivity contribution in [3.63, 3.8) is 0 Å². The van der Waals surface area contributed by atoms with Gasteiger partial charge in [0.2, 0.25) is 0 Å². The van der Waals surface area contributed by atoms with E-state index in [2.05, 4.69) is 45.7 Å². The Bertz CT molecular complexity index is 86.5. The van der Waals surface area contributed by atoms with E-state index >= 15 is 0 Å². The fourth-order valence-corrected chi connectivity index (χ4v) is 1.19. The lowest BCUT2D eigenvalue weighted by Gasteiger charge is -2.04. The molecular formula is C6H10Br2. The standard InChI is InChI=1S/C6H10Br2/c1-5(3-7)6(2)4-8/h3,6H,4H2,1-2H3. The maximum atomic E-state index is 3.39. The first-order valence-electron chi connectivity index (χ1n) is 2.55. The molecule has 0 aliphatic carbocycles. The zero-order valence-corrected chi connectivity index (χ0v) is 8.29. The number of hydrogen-bond donors (Lipinski definition) is 0. The molecule has 0 nitrogen and oxygen atoms in total. The quantitative estimate of drug-likeness (QED) is 0.651. The molecule has 1 unspecified atom stereocenters. The largest absolute Gasteiger partial charge is 0.0922 e. The van der Waals surface area contributed by atoms with Gasteiger partial charge in [0, 0.05) is 5.33 Å². The summed E-state index contributed by atoms with van der Waals surface area (Å²) in [6, 6.07) is 0. The zero-order chi connectivity index (χ0) is 6.57. The lowest BCUT2D eigenvalue weighted by molar-refractivity contribution is 0.792.